The van der Waals surface area contributed by atoms with E-state index in [1.54, 1.807) is 12.4 Å². The van der Waals surface area contributed by atoms with Gasteiger partial charge in [-0.2, -0.15) is 4.98 Å². The van der Waals surface area contributed by atoms with Crippen LogP contribution in [0.1, 0.15) is 69.0 Å². The van der Waals surface area contributed by atoms with Gasteiger partial charge in [0.25, 0.3) is 0 Å². The summed E-state index contributed by atoms with van der Waals surface area (Å²) in [4.78, 5) is 17.5. The lowest BCUT2D eigenvalue weighted by Crippen LogP contribution is -2.15. The van der Waals surface area contributed by atoms with Crippen molar-refractivity contribution in [3.05, 3.63) is 95.8 Å². The van der Waals surface area contributed by atoms with Gasteiger partial charge in [-0.05, 0) is 73.2 Å². The van der Waals surface area contributed by atoms with E-state index in [1.165, 1.54) is 56.9 Å². The lowest BCUT2D eigenvalue weighted by molar-refractivity contribution is 0.504. The first-order chi connectivity index (χ1) is 19.7. The van der Waals surface area contributed by atoms with E-state index in [1.807, 2.05) is 48.7 Å². The molecule has 40 heavy (non-hydrogen) atoms. The Hall–Kier alpha value is -4.28. The molecule has 0 bridgehead atoms. The Balaban J connectivity index is 0.000000477. The first kappa shape index (κ1) is 27.3. The molecule has 0 saturated heterocycles. The van der Waals surface area contributed by atoms with E-state index in [0.29, 0.717) is 23.4 Å². The van der Waals surface area contributed by atoms with Crippen LogP contribution in [-0.4, -0.2) is 26.0 Å². The number of nitrogens with one attached hydrogen (secondary N) is 2. The summed E-state index contributed by atoms with van der Waals surface area (Å²) in [6.07, 6.45) is 25.5. The third-order valence-electron chi connectivity index (χ3n) is 6.96. The molecule has 3 aromatic heterocycles. The Morgan fingerprint density at radius 1 is 0.900 bits per heavy atom. The highest BCUT2D eigenvalue weighted by Gasteiger charge is 2.19. The number of nitrogen functional groups attached to an aromatic ring is 1. The molecule has 0 unspecified atom stereocenters. The normalized spacial score (nSPS) is 16.3. The van der Waals surface area contributed by atoms with Crippen LogP contribution in [0.15, 0.2) is 84.5 Å². The molecule has 4 N–H and O–H groups in total. The van der Waals surface area contributed by atoms with Crippen molar-refractivity contribution in [1.29, 1.82) is 0 Å². The minimum absolute atomic E-state index is 0.374. The molecular formula is C33H37N7. The zero-order chi connectivity index (χ0) is 27.4. The molecule has 0 atom stereocenters. The Kier molecular flexibility index (Phi) is 9.69. The van der Waals surface area contributed by atoms with Crippen molar-refractivity contribution < 1.29 is 0 Å². The molecule has 3 heterocycles. The molecule has 0 spiro atoms. The summed E-state index contributed by atoms with van der Waals surface area (Å²) in [5, 5.41) is 6.73. The summed E-state index contributed by atoms with van der Waals surface area (Å²) >= 11 is 0. The fraction of sp³-hybridized carbons (Fsp3) is 0.333. The summed E-state index contributed by atoms with van der Waals surface area (Å²) in [7, 11) is 0. The molecule has 3 aliphatic rings. The predicted molar refractivity (Wildman–Crippen MR) is 162 cm³/mol. The second-order valence-electron chi connectivity index (χ2n) is 10.3. The second kappa shape index (κ2) is 14.2. The molecule has 7 heteroatoms. The first-order valence-electron chi connectivity index (χ1n) is 14.3. The Bertz CT molecular complexity index is 1410. The van der Waals surface area contributed by atoms with Gasteiger partial charge in [0.2, 0.25) is 5.95 Å². The van der Waals surface area contributed by atoms with Crippen LogP contribution in [0.3, 0.4) is 0 Å². The third kappa shape index (κ3) is 8.62. The molecule has 2 fully saturated rings. The minimum atomic E-state index is 0.374. The largest absolute Gasteiger partial charge is 0.383 e. The van der Waals surface area contributed by atoms with Crippen molar-refractivity contribution in [2.45, 2.75) is 70.4 Å². The summed E-state index contributed by atoms with van der Waals surface area (Å²) in [5.41, 5.74) is 11.4. The van der Waals surface area contributed by atoms with Gasteiger partial charge in [0.05, 0.1) is 11.3 Å². The fourth-order valence-electron chi connectivity index (χ4n) is 4.51. The monoisotopic (exact) mass is 531 g/mol. The van der Waals surface area contributed by atoms with Crippen LogP contribution in [0.2, 0.25) is 0 Å². The molecule has 0 radical (unpaired) electrons. The van der Waals surface area contributed by atoms with Crippen LogP contribution < -0.4 is 16.4 Å². The van der Waals surface area contributed by atoms with Crippen molar-refractivity contribution >= 4 is 11.8 Å². The van der Waals surface area contributed by atoms with Crippen LogP contribution in [0.4, 0.5) is 11.8 Å². The van der Waals surface area contributed by atoms with Crippen LogP contribution >= 0.6 is 0 Å². The average molecular weight is 532 g/mol. The zero-order valence-electron chi connectivity index (χ0n) is 22.9. The molecule has 7 nitrogen and oxygen atoms in total. The maximum absolute atomic E-state index is 6.14. The summed E-state index contributed by atoms with van der Waals surface area (Å²) < 4.78 is 0. The molecule has 0 aliphatic heterocycles. The number of hydrogen-bond donors (Lipinski definition) is 3. The molecule has 3 aliphatic carbocycles. The number of hydrogen-bond acceptors (Lipinski definition) is 7. The highest BCUT2D eigenvalue weighted by atomic mass is 15.1. The summed E-state index contributed by atoms with van der Waals surface area (Å²) in [6.45, 7) is 0.862. The van der Waals surface area contributed by atoms with Crippen LogP contribution in [0, 0.1) is 11.8 Å². The average Bonchev–Trinajstić information content (AvgIpc) is 3.85. The van der Waals surface area contributed by atoms with Gasteiger partial charge in [0.15, 0.2) is 0 Å². The lowest BCUT2D eigenvalue weighted by Gasteiger charge is -2.08. The number of aromatic nitrogens is 4. The fourth-order valence-corrected chi connectivity index (χ4v) is 4.51. The van der Waals surface area contributed by atoms with Gasteiger partial charge in [0, 0.05) is 42.4 Å². The lowest BCUT2D eigenvalue weighted by atomic mass is 10.0. The highest BCUT2D eigenvalue weighted by Crippen LogP contribution is 2.23. The van der Waals surface area contributed by atoms with Gasteiger partial charge < -0.3 is 16.4 Å². The van der Waals surface area contributed by atoms with E-state index < -0.39 is 0 Å². The predicted octanol–water partition coefficient (Wildman–Crippen LogP) is 6.34. The van der Waals surface area contributed by atoms with E-state index in [0.717, 1.165) is 35.6 Å². The highest BCUT2D eigenvalue weighted by molar-refractivity contribution is 5.70. The summed E-state index contributed by atoms with van der Waals surface area (Å²) in [6, 6.07) is 10.4. The minimum Gasteiger partial charge on any atom is -0.383 e. The Morgan fingerprint density at radius 3 is 2.45 bits per heavy atom. The van der Waals surface area contributed by atoms with E-state index >= 15 is 0 Å². The number of pyridine rings is 2. The SMILES string of the molecule is C1CCCCC1.Nc1nc(NC2=CC=C(C#Cc3cc(CNC4CC4)ccn3)CC=C2)ncc1-c1ccccn1. The maximum atomic E-state index is 6.14. The van der Waals surface area contributed by atoms with Gasteiger partial charge in [-0.25, -0.2) is 9.97 Å². The molecule has 6 rings (SSSR count). The zero-order valence-corrected chi connectivity index (χ0v) is 22.9. The third-order valence-corrected chi connectivity index (χ3v) is 6.96. The Labute approximate surface area is 237 Å². The van der Waals surface area contributed by atoms with E-state index in [2.05, 4.69) is 54.6 Å². The van der Waals surface area contributed by atoms with E-state index in [-0.39, 0.29) is 0 Å². The van der Waals surface area contributed by atoms with Crippen molar-refractivity contribution in [2.24, 2.45) is 0 Å². The molecule has 0 amide bonds. The number of rotatable bonds is 6. The number of anilines is 2. The Morgan fingerprint density at radius 2 is 1.73 bits per heavy atom. The smallest absolute Gasteiger partial charge is 0.229 e. The molecule has 204 valence electrons. The van der Waals surface area contributed by atoms with Gasteiger partial charge >= 0.3 is 0 Å². The topological polar surface area (TPSA) is 102 Å². The van der Waals surface area contributed by atoms with Crippen LogP contribution in [-0.2, 0) is 6.54 Å². The van der Waals surface area contributed by atoms with E-state index in [4.69, 9.17) is 5.73 Å². The van der Waals surface area contributed by atoms with Crippen LogP contribution in [0.5, 0.6) is 0 Å². The molecule has 3 aromatic rings. The van der Waals surface area contributed by atoms with Gasteiger partial charge in [-0.15, -0.1) is 0 Å². The molecular weight excluding hydrogens is 494 g/mol. The second-order valence-corrected chi connectivity index (χ2v) is 10.3. The van der Waals surface area contributed by atoms with Gasteiger partial charge in [-0.1, -0.05) is 56.6 Å². The number of nitrogens with two attached hydrogens (primary N) is 1. The summed E-state index contributed by atoms with van der Waals surface area (Å²) in [5.74, 6) is 7.24. The first-order valence-corrected chi connectivity index (χ1v) is 14.3. The number of nitrogens with zero attached hydrogens (tertiary/aromatic N) is 4. The quantitative estimate of drug-likeness (QED) is 0.319. The maximum Gasteiger partial charge on any atom is 0.229 e. The number of allylic oxidation sites excluding steroid dienone is 5. The van der Waals surface area contributed by atoms with Crippen molar-refractivity contribution in [3.8, 4) is 23.1 Å². The van der Waals surface area contributed by atoms with Crippen molar-refractivity contribution in [2.75, 3.05) is 11.1 Å². The molecule has 2 saturated carbocycles. The van der Waals surface area contributed by atoms with Gasteiger partial charge in [0.1, 0.15) is 11.5 Å². The van der Waals surface area contributed by atoms with E-state index in [9.17, 15) is 0 Å². The van der Waals surface area contributed by atoms with Crippen molar-refractivity contribution in [1.82, 2.24) is 25.3 Å². The van der Waals surface area contributed by atoms with Crippen LogP contribution in [0.25, 0.3) is 11.3 Å². The van der Waals surface area contributed by atoms with Crippen molar-refractivity contribution in [3.63, 3.8) is 0 Å². The standard InChI is InChI=1S/C27H25N7.C6H12/c28-26-24(25-6-1-2-14-30-25)18-32-27(34-26)33-22-5-3-4-19(7-9-22)8-10-23-16-20(13-15-29-23)17-31-21-11-12-21;1-2-4-6-5-3-1/h1-3,5-7,9,13-16,18,21,31H,4,11-12,17H2,(H3,28,32,33,34);1-6H2. The molecule has 0 aromatic carbocycles. The van der Waals surface area contributed by atoms with Gasteiger partial charge in [-0.3, -0.25) is 4.98 Å².